The third-order valence-corrected chi connectivity index (χ3v) is 5.11. The number of fused-ring (bicyclic) bond motifs is 1. The monoisotopic (exact) mass is 388 g/mol. The molecule has 1 heterocycles. The maximum atomic E-state index is 12.2. The van der Waals surface area contributed by atoms with Crippen molar-refractivity contribution in [3.05, 3.63) is 63.3 Å². The minimum Gasteiger partial charge on any atom is -0.325 e. The van der Waals surface area contributed by atoms with Gasteiger partial charge in [0, 0.05) is 17.1 Å². The van der Waals surface area contributed by atoms with Gasteiger partial charge in [-0.3, -0.25) is 9.69 Å². The average molecular weight is 389 g/mol. The lowest BCUT2D eigenvalue weighted by molar-refractivity contribution is -0.117. The molecule has 1 aromatic heterocycles. The Kier molecular flexibility index (Phi) is 5.10. The van der Waals surface area contributed by atoms with Gasteiger partial charge < -0.3 is 5.32 Å². The van der Waals surface area contributed by atoms with Crippen LogP contribution in [-0.2, 0) is 11.3 Å². The first-order valence-corrected chi connectivity index (χ1v) is 8.92. The summed E-state index contributed by atoms with van der Waals surface area (Å²) in [6.07, 6.45) is 0. The van der Waals surface area contributed by atoms with Crippen LogP contribution in [0.3, 0.4) is 0 Å². The molecular formula is C18H17BrN2OS. The number of rotatable bonds is 5. The summed E-state index contributed by atoms with van der Waals surface area (Å²) < 4.78 is 1.11. The molecule has 3 rings (SSSR count). The lowest BCUT2D eigenvalue weighted by Crippen LogP contribution is -2.29. The summed E-state index contributed by atoms with van der Waals surface area (Å²) in [6, 6.07) is 18.2. The molecule has 0 radical (unpaired) electrons. The van der Waals surface area contributed by atoms with E-state index in [1.165, 1.54) is 10.3 Å². The third-order valence-electron chi connectivity index (χ3n) is 3.50. The van der Waals surface area contributed by atoms with E-state index in [2.05, 4.69) is 33.4 Å². The van der Waals surface area contributed by atoms with Crippen molar-refractivity contribution in [1.29, 1.82) is 0 Å². The van der Waals surface area contributed by atoms with Gasteiger partial charge in [0.1, 0.15) is 0 Å². The Morgan fingerprint density at radius 2 is 1.91 bits per heavy atom. The molecule has 0 saturated carbocycles. The molecule has 5 heteroatoms. The minimum atomic E-state index is -0.00148. The highest BCUT2D eigenvalue weighted by Gasteiger charge is 2.09. The Bertz CT molecular complexity index is 831. The highest BCUT2D eigenvalue weighted by molar-refractivity contribution is 9.11. The van der Waals surface area contributed by atoms with Crippen molar-refractivity contribution in [3.8, 4) is 0 Å². The summed E-state index contributed by atoms with van der Waals surface area (Å²) in [4.78, 5) is 15.4. The molecule has 0 aliphatic heterocycles. The van der Waals surface area contributed by atoms with E-state index in [-0.39, 0.29) is 5.91 Å². The number of anilines is 1. The molecule has 0 aliphatic rings. The zero-order valence-corrected chi connectivity index (χ0v) is 15.2. The topological polar surface area (TPSA) is 32.3 Å². The van der Waals surface area contributed by atoms with Gasteiger partial charge in [-0.15, -0.1) is 11.3 Å². The number of hydrogen-bond acceptors (Lipinski definition) is 3. The fraction of sp³-hybridized carbons (Fsp3) is 0.167. The van der Waals surface area contributed by atoms with Crippen molar-refractivity contribution in [3.63, 3.8) is 0 Å². The molecular weight excluding hydrogens is 372 g/mol. The zero-order valence-electron chi connectivity index (χ0n) is 12.8. The molecule has 118 valence electrons. The van der Waals surface area contributed by atoms with E-state index in [1.54, 1.807) is 11.3 Å². The van der Waals surface area contributed by atoms with Crippen LogP contribution >= 0.6 is 27.3 Å². The van der Waals surface area contributed by atoms with Crippen LogP contribution in [0.1, 0.15) is 4.88 Å². The first-order valence-electron chi connectivity index (χ1n) is 7.31. The fourth-order valence-corrected chi connectivity index (χ4v) is 4.03. The average Bonchev–Trinajstić information content (AvgIpc) is 2.91. The van der Waals surface area contributed by atoms with E-state index < -0.39 is 0 Å². The highest BCUT2D eigenvalue weighted by atomic mass is 79.9. The molecule has 0 spiro atoms. The smallest absolute Gasteiger partial charge is 0.238 e. The SMILES string of the molecule is CN(CC(=O)Nc1ccc2ccccc2c1)Cc1ccc(Br)s1. The summed E-state index contributed by atoms with van der Waals surface area (Å²) >= 11 is 5.15. The Morgan fingerprint density at radius 1 is 1.13 bits per heavy atom. The number of likely N-dealkylation sites (N-methyl/N-ethyl adjacent to an activating group) is 1. The van der Waals surface area contributed by atoms with Crippen molar-refractivity contribution >= 4 is 49.6 Å². The molecule has 1 amide bonds. The van der Waals surface area contributed by atoms with Crippen molar-refractivity contribution in [2.75, 3.05) is 18.9 Å². The minimum absolute atomic E-state index is 0.00148. The Hall–Kier alpha value is -1.69. The molecule has 0 atom stereocenters. The van der Waals surface area contributed by atoms with Gasteiger partial charge in [-0.05, 0) is 58.0 Å². The van der Waals surface area contributed by atoms with Crippen LogP contribution in [0.5, 0.6) is 0 Å². The molecule has 23 heavy (non-hydrogen) atoms. The molecule has 3 aromatic rings. The normalized spacial score (nSPS) is 11.1. The van der Waals surface area contributed by atoms with Crippen molar-refractivity contribution < 1.29 is 4.79 Å². The summed E-state index contributed by atoms with van der Waals surface area (Å²) in [6.45, 7) is 1.13. The lowest BCUT2D eigenvalue weighted by Gasteiger charge is -2.15. The zero-order chi connectivity index (χ0) is 16.2. The van der Waals surface area contributed by atoms with E-state index in [0.29, 0.717) is 6.54 Å². The number of nitrogens with zero attached hydrogens (tertiary/aromatic N) is 1. The van der Waals surface area contributed by atoms with E-state index in [9.17, 15) is 4.79 Å². The maximum absolute atomic E-state index is 12.2. The van der Waals surface area contributed by atoms with E-state index in [0.717, 1.165) is 21.4 Å². The van der Waals surface area contributed by atoms with Crippen LogP contribution in [-0.4, -0.2) is 24.4 Å². The van der Waals surface area contributed by atoms with Crippen LogP contribution in [0.15, 0.2) is 58.4 Å². The number of carbonyl (C=O) groups excluding carboxylic acids is 1. The standard InChI is InChI=1S/C18H17BrN2OS/c1-21(11-16-8-9-17(19)23-16)12-18(22)20-15-7-6-13-4-2-3-5-14(13)10-15/h2-10H,11-12H2,1H3,(H,20,22). The number of amides is 1. The van der Waals surface area contributed by atoms with Gasteiger partial charge in [0.05, 0.1) is 10.3 Å². The van der Waals surface area contributed by atoms with E-state index in [4.69, 9.17) is 0 Å². The van der Waals surface area contributed by atoms with Gasteiger partial charge >= 0.3 is 0 Å². The van der Waals surface area contributed by atoms with Crippen LogP contribution in [0.2, 0.25) is 0 Å². The molecule has 0 fully saturated rings. The van der Waals surface area contributed by atoms with E-state index in [1.807, 2.05) is 54.4 Å². The number of carbonyl (C=O) groups is 1. The van der Waals surface area contributed by atoms with Crippen LogP contribution in [0.4, 0.5) is 5.69 Å². The number of benzene rings is 2. The highest BCUT2D eigenvalue weighted by Crippen LogP contribution is 2.23. The second kappa shape index (κ2) is 7.25. The van der Waals surface area contributed by atoms with Gasteiger partial charge in [0.2, 0.25) is 5.91 Å². The van der Waals surface area contributed by atoms with Crippen LogP contribution in [0, 0.1) is 0 Å². The molecule has 3 nitrogen and oxygen atoms in total. The Labute approximate surface area is 148 Å². The molecule has 0 bridgehead atoms. The van der Waals surface area contributed by atoms with Gasteiger partial charge in [0.25, 0.3) is 0 Å². The first kappa shape index (κ1) is 16.2. The second-order valence-electron chi connectivity index (χ2n) is 5.49. The van der Waals surface area contributed by atoms with Gasteiger partial charge in [-0.1, -0.05) is 30.3 Å². The maximum Gasteiger partial charge on any atom is 0.238 e. The van der Waals surface area contributed by atoms with E-state index >= 15 is 0 Å². The fourth-order valence-electron chi connectivity index (χ4n) is 2.47. The summed E-state index contributed by atoms with van der Waals surface area (Å²) in [5, 5.41) is 5.27. The molecule has 0 saturated heterocycles. The van der Waals surface area contributed by atoms with Gasteiger partial charge in [-0.2, -0.15) is 0 Å². The van der Waals surface area contributed by atoms with Crippen molar-refractivity contribution in [2.24, 2.45) is 0 Å². The largest absolute Gasteiger partial charge is 0.325 e. The van der Waals surface area contributed by atoms with Crippen LogP contribution < -0.4 is 5.32 Å². The van der Waals surface area contributed by atoms with Crippen LogP contribution in [0.25, 0.3) is 10.8 Å². The predicted molar refractivity (Wildman–Crippen MR) is 101 cm³/mol. The van der Waals surface area contributed by atoms with Crippen molar-refractivity contribution in [2.45, 2.75) is 6.54 Å². The number of nitrogens with one attached hydrogen (secondary N) is 1. The van der Waals surface area contributed by atoms with Gasteiger partial charge in [-0.25, -0.2) is 0 Å². The van der Waals surface area contributed by atoms with Crippen molar-refractivity contribution in [1.82, 2.24) is 4.90 Å². The first-order chi connectivity index (χ1) is 11.1. The summed E-state index contributed by atoms with van der Waals surface area (Å²) in [5.41, 5.74) is 0.834. The predicted octanol–water partition coefficient (Wildman–Crippen LogP) is 4.73. The summed E-state index contributed by atoms with van der Waals surface area (Å²) in [5.74, 6) is -0.00148. The third kappa shape index (κ3) is 4.41. The quantitative estimate of drug-likeness (QED) is 0.684. The molecule has 0 unspecified atom stereocenters. The second-order valence-corrected chi connectivity index (χ2v) is 8.04. The molecule has 0 aliphatic carbocycles. The summed E-state index contributed by atoms with van der Waals surface area (Å²) in [7, 11) is 1.95. The lowest BCUT2D eigenvalue weighted by atomic mass is 10.1. The number of thiophene rings is 1. The Morgan fingerprint density at radius 3 is 2.65 bits per heavy atom. The Balaban J connectivity index is 1.59. The van der Waals surface area contributed by atoms with Gasteiger partial charge in [0.15, 0.2) is 0 Å². The molecule has 1 N–H and O–H groups in total. The molecule has 2 aromatic carbocycles. The number of hydrogen-bond donors (Lipinski definition) is 1. The number of halogens is 1.